The van der Waals surface area contributed by atoms with E-state index in [0.717, 1.165) is 12.1 Å². The lowest BCUT2D eigenvalue weighted by Crippen LogP contribution is -2.28. The van der Waals surface area contributed by atoms with Gasteiger partial charge in [0.2, 0.25) is 0 Å². The van der Waals surface area contributed by atoms with Gasteiger partial charge in [0.05, 0.1) is 23.5 Å². The molecule has 0 heterocycles. The van der Waals surface area contributed by atoms with Crippen LogP contribution < -0.4 is 10.6 Å². The summed E-state index contributed by atoms with van der Waals surface area (Å²) >= 11 is 0. The zero-order chi connectivity index (χ0) is 14.4. The molecule has 3 N–H and O–H groups in total. The van der Waals surface area contributed by atoms with Crippen molar-refractivity contribution in [1.82, 2.24) is 0 Å². The van der Waals surface area contributed by atoms with Gasteiger partial charge in [-0.1, -0.05) is 0 Å². The van der Waals surface area contributed by atoms with E-state index in [0.29, 0.717) is 32.0 Å². The number of benzene rings is 1. The Morgan fingerprint density at radius 3 is 2.68 bits per heavy atom. The smallest absolute Gasteiger partial charge is 0.338 e. The van der Waals surface area contributed by atoms with Crippen molar-refractivity contribution in [2.24, 2.45) is 0 Å². The number of rotatable bonds is 7. The first-order valence-corrected chi connectivity index (χ1v) is 6.16. The normalized spacial score (nSPS) is 10.5. The minimum absolute atomic E-state index is 0.247. The summed E-state index contributed by atoms with van der Waals surface area (Å²) < 4.78 is 18.9. The highest BCUT2D eigenvalue weighted by molar-refractivity contribution is 5.90. The molecule has 0 atom stereocenters. The van der Waals surface area contributed by atoms with Gasteiger partial charge in [-0.25, -0.2) is 9.18 Å². The highest BCUT2D eigenvalue weighted by Crippen LogP contribution is 2.26. The molecule has 0 saturated heterocycles. The van der Waals surface area contributed by atoms with E-state index in [1.807, 2.05) is 18.7 Å². The molecule has 0 fully saturated rings. The fourth-order valence-corrected chi connectivity index (χ4v) is 1.79. The first kappa shape index (κ1) is 15.2. The van der Waals surface area contributed by atoms with Crippen molar-refractivity contribution in [1.29, 1.82) is 0 Å². The fraction of sp³-hybridized carbons (Fsp3) is 0.462. The number of nitrogen functional groups attached to an aromatic ring is 1. The molecule has 106 valence electrons. The minimum Gasteiger partial charge on any atom is -0.478 e. The van der Waals surface area contributed by atoms with E-state index in [-0.39, 0.29) is 5.69 Å². The Hall–Kier alpha value is -1.82. The van der Waals surface area contributed by atoms with Crippen LogP contribution in [-0.4, -0.2) is 37.4 Å². The van der Waals surface area contributed by atoms with Crippen LogP contribution in [0.25, 0.3) is 0 Å². The Kier molecular flexibility index (Phi) is 5.57. The molecule has 5 nitrogen and oxygen atoms in total. The van der Waals surface area contributed by atoms with Crippen LogP contribution in [0, 0.1) is 5.82 Å². The molecule has 0 saturated carbocycles. The third-order valence-corrected chi connectivity index (χ3v) is 2.78. The molecule has 0 bridgehead atoms. The van der Waals surface area contributed by atoms with Crippen LogP contribution in [0.2, 0.25) is 0 Å². The molecular weight excluding hydrogens is 251 g/mol. The van der Waals surface area contributed by atoms with Crippen LogP contribution in [-0.2, 0) is 4.74 Å². The summed E-state index contributed by atoms with van der Waals surface area (Å²) in [7, 11) is 0. The van der Waals surface area contributed by atoms with Crippen molar-refractivity contribution < 1.29 is 19.0 Å². The molecular formula is C13H19FN2O3. The summed E-state index contributed by atoms with van der Waals surface area (Å²) in [6, 6.07) is 2.31. The van der Waals surface area contributed by atoms with E-state index >= 15 is 0 Å². The van der Waals surface area contributed by atoms with Crippen molar-refractivity contribution in [3.8, 4) is 0 Å². The van der Waals surface area contributed by atoms with Gasteiger partial charge in [-0.15, -0.1) is 0 Å². The number of hydrogen-bond acceptors (Lipinski definition) is 4. The number of anilines is 2. The Morgan fingerprint density at radius 1 is 1.47 bits per heavy atom. The van der Waals surface area contributed by atoms with Gasteiger partial charge < -0.3 is 20.5 Å². The maximum Gasteiger partial charge on any atom is 0.338 e. The van der Waals surface area contributed by atoms with E-state index in [9.17, 15) is 9.18 Å². The summed E-state index contributed by atoms with van der Waals surface area (Å²) in [5.41, 5.74) is 6.12. The molecule has 0 unspecified atom stereocenters. The van der Waals surface area contributed by atoms with E-state index in [1.165, 1.54) is 0 Å². The summed E-state index contributed by atoms with van der Waals surface area (Å²) in [4.78, 5) is 12.7. The van der Waals surface area contributed by atoms with E-state index in [4.69, 9.17) is 15.6 Å². The van der Waals surface area contributed by atoms with Crippen molar-refractivity contribution in [2.75, 3.05) is 36.9 Å². The quantitative estimate of drug-likeness (QED) is 0.585. The number of hydrogen-bond donors (Lipinski definition) is 2. The third-order valence-electron chi connectivity index (χ3n) is 2.78. The zero-order valence-corrected chi connectivity index (χ0v) is 11.1. The van der Waals surface area contributed by atoms with Crippen molar-refractivity contribution in [3.05, 3.63) is 23.5 Å². The van der Waals surface area contributed by atoms with Crippen molar-refractivity contribution in [2.45, 2.75) is 13.8 Å². The number of aromatic carboxylic acids is 1. The molecule has 0 amide bonds. The molecule has 0 aliphatic carbocycles. The van der Waals surface area contributed by atoms with Gasteiger partial charge in [0.1, 0.15) is 5.82 Å². The van der Waals surface area contributed by atoms with Gasteiger partial charge in [-0.3, -0.25) is 0 Å². The fourth-order valence-electron chi connectivity index (χ4n) is 1.79. The highest BCUT2D eigenvalue weighted by atomic mass is 19.1. The van der Waals surface area contributed by atoms with Gasteiger partial charge in [-0.2, -0.15) is 0 Å². The van der Waals surface area contributed by atoms with Crippen molar-refractivity contribution in [3.63, 3.8) is 0 Å². The summed E-state index contributed by atoms with van der Waals surface area (Å²) in [5, 5.41) is 8.82. The van der Waals surface area contributed by atoms with E-state index in [2.05, 4.69) is 0 Å². The Balaban J connectivity index is 2.98. The van der Waals surface area contributed by atoms with Crippen molar-refractivity contribution >= 4 is 17.3 Å². The number of likely N-dealkylation sites (N-methyl/N-ethyl adjacent to an activating group) is 1. The molecule has 0 spiro atoms. The second-order valence-electron chi connectivity index (χ2n) is 3.97. The molecule has 1 aromatic carbocycles. The molecule has 19 heavy (non-hydrogen) atoms. The Morgan fingerprint density at radius 2 is 2.16 bits per heavy atom. The van der Waals surface area contributed by atoms with Crippen LogP contribution in [0.15, 0.2) is 12.1 Å². The van der Waals surface area contributed by atoms with E-state index in [1.54, 1.807) is 0 Å². The Bertz CT molecular complexity index is 452. The van der Waals surface area contributed by atoms with Crippen LogP contribution in [0.5, 0.6) is 0 Å². The second-order valence-corrected chi connectivity index (χ2v) is 3.97. The number of halogens is 1. The van der Waals surface area contributed by atoms with Crippen LogP contribution in [0.4, 0.5) is 15.8 Å². The topological polar surface area (TPSA) is 75.8 Å². The lowest BCUT2D eigenvalue weighted by atomic mass is 10.1. The number of ether oxygens (including phenoxy) is 1. The average Bonchev–Trinajstić information content (AvgIpc) is 2.37. The summed E-state index contributed by atoms with van der Waals surface area (Å²) in [5.74, 6) is -2.11. The number of carbonyl (C=O) groups is 1. The summed E-state index contributed by atoms with van der Waals surface area (Å²) in [6.45, 7) is 6.12. The van der Waals surface area contributed by atoms with Gasteiger partial charge in [-0.05, 0) is 19.9 Å². The maximum atomic E-state index is 13.7. The molecule has 1 aromatic rings. The monoisotopic (exact) mass is 270 g/mol. The van der Waals surface area contributed by atoms with Crippen LogP contribution in [0.1, 0.15) is 24.2 Å². The SMILES string of the molecule is CCOCCN(CC)c1cc(F)c(C(=O)O)cc1N. The second kappa shape index (κ2) is 6.94. The molecule has 0 radical (unpaired) electrons. The lowest BCUT2D eigenvalue weighted by molar-refractivity contribution is 0.0692. The van der Waals surface area contributed by atoms with Gasteiger partial charge in [0.15, 0.2) is 0 Å². The maximum absolute atomic E-state index is 13.7. The molecule has 0 aromatic heterocycles. The number of nitrogens with two attached hydrogens (primary N) is 1. The molecule has 0 aliphatic rings. The van der Waals surface area contributed by atoms with E-state index < -0.39 is 17.3 Å². The predicted molar refractivity (Wildman–Crippen MR) is 72.2 cm³/mol. The number of carboxylic acid groups (broad SMARTS) is 1. The first-order chi connectivity index (χ1) is 9.01. The van der Waals surface area contributed by atoms with Gasteiger partial charge in [0.25, 0.3) is 0 Å². The van der Waals surface area contributed by atoms with Gasteiger partial charge >= 0.3 is 5.97 Å². The molecule has 0 aliphatic heterocycles. The van der Waals surface area contributed by atoms with Crippen LogP contribution in [0.3, 0.4) is 0 Å². The number of nitrogens with zero attached hydrogens (tertiary/aromatic N) is 1. The lowest BCUT2D eigenvalue weighted by Gasteiger charge is -2.24. The zero-order valence-electron chi connectivity index (χ0n) is 11.1. The van der Waals surface area contributed by atoms with Gasteiger partial charge in [0, 0.05) is 25.8 Å². The summed E-state index contributed by atoms with van der Waals surface area (Å²) in [6.07, 6.45) is 0. The first-order valence-electron chi connectivity index (χ1n) is 6.16. The number of carboxylic acids is 1. The minimum atomic E-state index is -1.33. The highest BCUT2D eigenvalue weighted by Gasteiger charge is 2.16. The largest absolute Gasteiger partial charge is 0.478 e. The van der Waals surface area contributed by atoms with Crippen LogP contribution >= 0.6 is 0 Å². The standard InChI is InChI=1S/C13H19FN2O3/c1-3-16(5-6-19-4-2)12-8-10(14)9(13(17)18)7-11(12)15/h7-8H,3-6,15H2,1-2H3,(H,17,18). The predicted octanol–water partition coefficient (Wildman–Crippen LogP) is 1.97. The average molecular weight is 270 g/mol. The Labute approximate surface area is 111 Å². The molecule has 6 heteroatoms. The third kappa shape index (κ3) is 3.82. The molecule has 1 rings (SSSR count).